The normalized spacial score (nSPS) is 20.3. The van der Waals surface area contributed by atoms with Gasteiger partial charge in [0, 0.05) is 25.0 Å². The van der Waals surface area contributed by atoms with E-state index in [4.69, 9.17) is 4.74 Å². The summed E-state index contributed by atoms with van der Waals surface area (Å²) in [6, 6.07) is 4.54. The molecule has 0 bridgehead atoms. The molecule has 0 amide bonds. The molecule has 3 nitrogen and oxygen atoms in total. The number of rotatable bonds is 6. The summed E-state index contributed by atoms with van der Waals surface area (Å²) in [6.07, 6.45) is 12.4. The van der Waals surface area contributed by atoms with E-state index in [1.165, 1.54) is 44.1 Å². The Balaban J connectivity index is 2.15. The first-order valence-electron chi connectivity index (χ1n) is 8.01. The largest absolute Gasteiger partial charge is 0.374 e. The molecule has 0 aromatic carbocycles. The molecule has 112 valence electrons. The Morgan fingerprint density at radius 2 is 2.05 bits per heavy atom. The van der Waals surface area contributed by atoms with Crippen LogP contribution in [0.3, 0.4) is 0 Å². The van der Waals surface area contributed by atoms with Gasteiger partial charge in [-0.2, -0.15) is 0 Å². The lowest BCUT2D eigenvalue weighted by atomic mass is 9.83. The van der Waals surface area contributed by atoms with Gasteiger partial charge in [-0.15, -0.1) is 0 Å². The van der Waals surface area contributed by atoms with Crippen LogP contribution in [0.1, 0.15) is 51.0 Å². The van der Waals surface area contributed by atoms with Crippen molar-refractivity contribution in [3.63, 3.8) is 0 Å². The molecule has 0 saturated heterocycles. The molecule has 0 aliphatic heterocycles. The molecule has 1 aromatic rings. The van der Waals surface area contributed by atoms with E-state index in [0.29, 0.717) is 6.04 Å². The van der Waals surface area contributed by atoms with Crippen molar-refractivity contribution in [2.75, 3.05) is 13.7 Å². The second-order valence-corrected chi connectivity index (χ2v) is 5.82. The van der Waals surface area contributed by atoms with Crippen molar-refractivity contribution >= 4 is 0 Å². The number of pyridine rings is 1. The number of nitrogens with zero attached hydrogens (tertiary/aromatic N) is 1. The monoisotopic (exact) mass is 276 g/mol. The zero-order chi connectivity index (χ0) is 14.3. The highest BCUT2D eigenvalue weighted by Gasteiger charge is 2.38. The van der Waals surface area contributed by atoms with E-state index in [1.807, 2.05) is 18.5 Å². The van der Waals surface area contributed by atoms with Crippen LogP contribution in [0.25, 0.3) is 0 Å². The van der Waals surface area contributed by atoms with Gasteiger partial charge < -0.3 is 10.1 Å². The van der Waals surface area contributed by atoms with Crippen molar-refractivity contribution in [1.82, 2.24) is 10.3 Å². The van der Waals surface area contributed by atoms with E-state index < -0.39 is 0 Å². The molecule has 1 aromatic heterocycles. The maximum Gasteiger partial charge on any atom is 0.0837 e. The van der Waals surface area contributed by atoms with Crippen LogP contribution in [0, 0.1) is 0 Å². The van der Waals surface area contributed by atoms with Gasteiger partial charge in [0.05, 0.1) is 5.60 Å². The van der Waals surface area contributed by atoms with Gasteiger partial charge >= 0.3 is 0 Å². The number of hydrogen-bond acceptors (Lipinski definition) is 3. The third-order valence-corrected chi connectivity index (χ3v) is 4.53. The van der Waals surface area contributed by atoms with Crippen molar-refractivity contribution < 1.29 is 4.74 Å². The predicted octanol–water partition coefficient (Wildman–Crippen LogP) is 3.34. The molecule has 1 aliphatic rings. The number of ether oxygens (including phenoxy) is 1. The molecule has 1 atom stereocenters. The third-order valence-electron chi connectivity index (χ3n) is 4.53. The minimum Gasteiger partial charge on any atom is -0.374 e. The van der Waals surface area contributed by atoms with Gasteiger partial charge in [-0.05, 0) is 44.9 Å². The summed E-state index contributed by atoms with van der Waals surface area (Å²) in [5, 5.41) is 3.52. The number of likely N-dealkylation sites (N-methyl/N-ethyl adjacent to an activating group) is 1. The highest BCUT2D eigenvalue weighted by Crippen LogP contribution is 2.34. The van der Waals surface area contributed by atoms with Crippen LogP contribution in [-0.2, 0) is 11.2 Å². The van der Waals surface area contributed by atoms with E-state index in [-0.39, 0.29) is 5.60 Å². The standard InChI is InChI=1S/C17H28N2O/c1-3-20-17(10-6-4-5-7-11-17)16(18-2)13-15-9-8-12-19-14-15/h8-9,12,14,16,18H,3-7,10-11,13H2,1-2H3. The fourth-order valence-corrected chi connectivity index (χ4v) is 3.51. The molecule has 1 N–H and O–H groups in total. The molecule has 20 heavy (non-hydrogen) atoms. The molecule has 1 unspecified atom stereocenters. The van der Waals surface area contributed by atoms with Gasteiger partial charge in [-0.3, -0.25) is 4.98 Å². The summed E-state index contributed by atoms with van der Waals surface area (Å²) in [4.78, 5) is 4.24. The quantitative estimate of drug-likeness (QED) is 0.809. The Hall–Kier alpha value is -0.930. The Morgan fingerprint density at radius 1 is 1.30 bits per heavy atom. The first kappa shape index (κ1) is 15.5. The maximum absolute atomic E-state index is 6.29. The molecule has 1 saturated carbocycles. The van der Waals surface area contributed by atoms with Gasteiger partial charge in [0.15, 0.2) is 0 Å². The topological polar surface area (TPSA) is 34.1 Å². The molecule has 1 fully saturated rings. The second-order valence-electron chi connectivity index (χ2n) is 5.82. The molecular weight excluding hydrogens is 248 g/mol. The first-order chi connectivity index (χ1) is 9.80. The smallest absolute Gasteiger partial charge is 0.0837 e. The van der Waals surface area contributed by atoms with Crippen LogP contribution in [-0.4, -0.2) is 30.3 Å². The zero-order valence-electron chi connectivity index (χ0n) is 12.9. The van der Waals surface area contributed by atoms with Crippen molar-refractivity contribution in [2.45, 2.75) is 63.5 Å². The molecule has 0 spiro atoms. The number of hydrogen-bond donors (Lipinski definition) is 1. The zero-order valence-corrected chi connectivity index (χ0v) is 12.9. The molecule has 2 rings (SSSR count). The van der Waals surface area contributed by atoms with Crippen LogP contribution in [0.2, 0.25) is 0 Å². The summed E-state index contributed by atoms with van der Waals surface area (Å²) in [6.45, 7) is 2.91. The highest BCUT2D eigenvalue weighted by molar-refractivity contribution is 5.12. The lowest BCUT2D eigenvalue weighted by molar-refractivity contribution is -0.0752. The summed E-state index contributed by atoms with van der Waals surface area (Å²) < 4.78 is 6.29. The second kappa shape index (κ2) is 7.75. The van der Waals surface area contributed by atoms with Crippen LogP contribution < -0.4 is 5.32 Å². The number of nitrogens with one attached hydrogen (secondary N) is 1. The van der Waals surface area contributed by atoms with Gasteiger partial charge in [-0.1, -0.05) is 31.7 Å². The maximum atomic E-state index is 6.29. The summed E-state index contributed by atoms with van der Waals surface area (Å²) >= 11 is 0. The van der Waals surface area contributed by atoms with Crippen molar-refractivity contribution in [3.8, 4) is 0 Å². The number of aromatic nitrogens is 1. The molecular formula is C17H28N2O. The summed E-state index contributed by atoms with van der Waals surface area (Å²) in [7, 11) is 2.06. The van der Waals surface area contributed by atoms with Crippen LogP contribution in [0.15, 0.2) is 24.5 Å². The molecule has 1 heterocycles. The van der Waals surface area contributed by atoms with Gasteiger partial charge in [0.25, 0.3) is 0 Å². The minimum absolute atomic E-state index is 0.00413. The van der Waals surface area contributed by atoms with Gasteiger partial charge in [0.1, 0.15) is 0 Å². The first-order valence-corrected chi connectivity index (χ1v) is 8.01. The van der Waals surface area contributed by atoms with E-state index in [2.05, 4.69) is 30.3 Å². The fourth-order valence-electron chi connectivity index (χ4n) is 3.51. The van der Waals surface area contributed by atoms with Crippen molar-refractivity contribution in [3.05, 3.63) is 30.1 Å². The van der Waals surface area contributed by atoms with Crippen LogP contribution >= 0.6 is 0 Å². The van der Waals surface area contributed by atoms with Gasteiger partial charge in [-0.25, -0.2) is 0 Å². The predicted molar refractivity (Wildman–Crippen MR) is 82.8 cm³/mol. The highest BCUT2D eigenvalue weighted by atomic mass is 16.5. The average Bonchev–Trinajstić information content (AvgIpc) is 2.73. The summed E-state index contributed by atoms with van der Waals surface area (Å²) in [5.41, 5.74) is 1.28. The van der Waals surface area contributed by atoms with Crippen LogP contribution in [0.4, 0.5) is 0 Å². The Labute approximate surface area is 123 Å². The van der Waals surface area contributed by atoms with Crippen molar-refractivity contribution in [2.24, 2.45) is 0 Å². The van der Waals surface area contributed by atoms with E-state index in [1.54, 1.807) is 0 Å². The third kappa shape index (κ3) is 3.80. The van der Waals surface area contributed by atoms with Crippen molar-refractivity contribution in [1.29, 1.82) is 0 Å². The van der Waals surface area contributed by atoms with E-state index >= 15 is 0 Å². The molecule has 0 radical (unpaired) electrons. The fraction of sp³-hybridized carbons (Fsp3) is 0.706. The van der Waals surface area contributed by atoms with Gasteiger partial charge in [0.2, 0.25) is 0 Å². The van der Waals surface area contributed by atoms with E-state index in [9.17, 15) is 0 Å². The minimum atomic E-state index is -0.00413. The SMILES string of the molecule is CCOC1(C(Cc2cccnc2)NC)CCCCCC1. The lowest BCUT2D eigenvalue weighted by Gasteiger charge is -2.40. The Kier molecular flexibility index (Phi) is 5.99. The summed E-state index contributed by atoms with van der Waals surface area (Å²) in [5.74, 6) is 0. The molecule has 1 aliphatic carbocycles. The Morgan fingerprint density at radius 3 is 2.60 bits per heavy atom. The van der Waals surface area contributed by atoms with E-state index in [0.717, 1.165) is 13.0 Å². The molecule has 3 heteroatoms. The Bertz CT molecular complexity index is 372. The average molecular weight is 276 g/mol. The van der Waals surface area contributed by atoms with Crippen LogP contribution in [0.5, 0.6) is 0 Å². The lowest BCUT2D eigenvalue weighted by Crippen LogP contribution is -2.52.